The molecule has 1 aromatic carbocycles. The Morgan fingerprint density at radius 3 is 3.00 bits per heavy atom. The summed E-state index contributed by atoms with van der Waals surface area (Å²) in [4.78, 5) is 26.0. The first-order valence-electron chi connectivity index (χ1n) is 8.83. The molecule has 2 heterocycles. The number of nitrogens with one attached hydrogen (secondary N) is 1. The summed E-state index contributed by atoms with van der Waals surface area (Å²) in [7, 11) is 3.42. The first-order chi connectivity index (χ1) is 12.0. The Kier molecular flexibility index (Phi) is 5.27. The molecule has 0 aromatic heterocycles. The van der Waals surface area contributed by atoms with Gasteiger partial charge in [-0.1, -0.05) is 18.2 Å². The van der Waals surface area contributed by atoms with Crippen LogP contribution < -0.4 is 10.1 Å². The minimum absolute atomic E-state index is 0.0273. The Morgan fingerprint density at radius 2 is 2.20 bits per heavy atom. The van der Waals surface area contributed by atoms with Crippen molar-refractivity contribution < 1.29 is 19.1 Å². The van der Waals surface area contributed by atoms with Crippen LogP contribution in [0.15, 0.2) is 24.3 Å². The number of benzene rings is 1. The average molecular weight is 346 g/mol. The first-order valence-corrected chi connectivity index (χ1v) is 8.83. The van der Waals surface area contributed by atoms with Crippen molar-refractivity contribution in [3.63, 3.8) is 0 Å². The van der Waals surface area contributed by atoms with Gasteiger partial charge in [0, 0.05) is 51.9 Å². The molecule has 2 atom stereocenters. The van der Waals surface area contributed by atoms with Crippen LogP contribution >= 0.6 is 0 Å². The molecule has 1 spiro atoms. The van der Waals surface area contributed by atoms with Gasteiger partial charge >= 0.3 is 0 Å². The Bertz CT molecular complexity index is 648. The van der Waals surface area contributed by atoms with E-state index in [1.165, 1.54) is 0 Å². The van der Waals surface area contributed by atoms with Crippen LogP contribution in [0.5, 0.6) is 5.75 Å². The lowest BCUT2D eigenvalue weighted by atomic mass is 9.82. The largest absolute Gasteiger partial charge is 0.487 e. The van der Waals surface area contributed by atoms with Crippen LogP contribution in [0, 0.1) is 0 Å². The van der Waals surface area contributed by atoms with Crippen molar-refractivity contribution in [1.29, 1.82) is 0 Å². The lowest BCUT2D eigenvalue weighted by molar-refractivity contribution is -0.129. The van der Waals surface area contributed by atoms with E-state index in [4.69, 9.17) is 9.47 Å². The second kappa shape index (κ2) is 7.44. The van der Waals surface area contributed by atoms with E-state index >= 15 is 0 Å². The number of fused-ring (bicyclic) bond motifs is 1. The lowest BCUT2D eigenvalue weighted by Gasteiger charge is -2.42. The molecule has 2 amide bonds. The fraction of sp³-hybridized carbons (Fsp3) is 0.579. The molecule has 25 heavy (non-hydrogen) atoms. The number of hydrogen-bond donors (Lipinski definition) is 1. The molecule has 1 saturated heterocycles. The topological polar surface area (TPSA) is 67.9 Å². The Morgan fingerprint density at radius 1 is 1.40 bits per heavy atom. The van der Waals surface area contributed by atoms with Crippen molar-refractivity contribution in [2.75, 3.05) is 27.3 Å². The fourth-order valence-corrected chi connectivity index (χ4v) is 3.66. The van der Waals surface area contributed by atoms with E-state index < -0.39 is 5.60 Å². The van der Waals surface area contributed by atoms with Gasteiger partial charge in [0.25, 0.3) is 0 Å². The van der Waals surface area contributed by atoms with Gasteiger partial charge in [0.2, 0.25) is 11.8 Å². The van der Waals surface area contributed by atoms with Crippen molar-refractivity contribution in [3.05, 3.63) is 29.8 Å². The molecule has 2 aliphatic rings. The molecule has 0 aliphatic carbocycles. The summed E-state index contributed by atoms with van der Waals surface area (Å²) in [5, 5.41) is 3.13. The Balaban J connectivity index is 1.82. The highest BCUT2D eigenvalue weighted by atomic mass is 16.5. The number of methoxy groups -OCH3 is 1. The molecule has 1 fully saturated rings. The van der Waals surface area contributed by atoms with Crippen LogP contribution in [0.4, 0.5) is 0 Å². The second-order valence-corrected chi connectivity index (χ2v) is 6.96. The summed E-state index contributed by atoms with van der Waals surface area (Å²) < 4.78 is 11.4. The zero-order chi connectivity index (χ0) is 17.9. The molecule has 6 nitrogen and oxygen atoms in total. The van der Waals surface area contributed by atoms with Gasteiger partial charge in [-0.05, 0) is 12.5 Å². The van der Waals surface area contributed by atoms with E-state index in [1.807, 2.05) is 31.3 Å². The van der Waals surface area contributed by atoms with Crippen molar-refractivity contribution in [3.8, 4) is 5.75 Å². The first kappa shape index (κ1) is 17.7. The fourth-order valence-electron chi connectivity index (χ4n) is 3.66. The molecule has 0 saturated carbocycles. The van der Waals surface area contributed by atoms with E-state index in [2.05, 4.69) is 5.32 Å². The van der Waals surface area contributed by atoms with Gasteiger partial charge in [0.05, 0.1) is 12.6 Å². The number of para-hydroxylation sites is 1. The van der Waals surface area contributed by atoms with Gasteiger partial charge in [-0.25, -0.2) is 0 Å². The number of likely N-dealkylation sites (tertiary alicyclic amines) is 1. The van der Waals surface area contributed by atoms with Gasteiger partial charge in [0.15, 0.2) is 0 Å². The van der Waals surface area contributed by atoms with Crippen molar-refractivity contribution in [2.45, 2.75) is 43.7 Å². The SMILES string of the molecule is COCCC(=O)N[C@H]1C[C@@]2(CCC(=O)N(C)CC2)Oc2ccccc21. The minimum Gasteiger partial charge on any atom is -0.487 e. The molecule has 3 rings (SSSR count). The zero-order valence-corrected chi connectivity index (χ0v) is 14.9. The average Bonchev–Trinajstić information content (AvgIpc) is 2.74. The number of ether oxygens (including phenoxy) is 2. The molecule has 0 bridgehead atoms. The molecule has 0 unspecified atom stereocenters. The van der Waals surface area contributed by atoms with Crippen LogP contribution in [0.2, 0.25) is 0 Å². The van der Waals surface area contributed by atoms with E-state index in [9.17, 15) is 9.59 Å². The van der Waals surface area contributed by atoms with Crippen LogP contribution in [0.1, 0.15) is 43.7 Å². The molecule has 0 radical (unpaired) electrons. The maximum absolute atomic E-state index is 12.2. The summed E-state index contributed by atoms with van der Waals surface area (Å²) in [6.07, 6.45) is 2.94. The van der Waals surface area contributed by atoms with Gasteiger partial charge < -0.3 is 19.7 Å². The summed E-state index contributed by atoms with van der Waals surface area (Å²) >= 11 is 0. The summed E-state index contributed by atoms with van der Waals surface area (Å²) in [6, 6.07) is 7.74. The van der Waals surface area contributed by atoms with Crippen LogP contribution in [0.3, 0.4) is 0 Å². The van der Waals surface area contributed by atoms with E-state index in [1.54, 1.807) is 12.0 Å². The highest BCUT2D eigenvalue weighted by Gasteiger charge is 2.43. The number of rotatable bonds is 4. The lowest BCUT2D eigenvalue weighted by Crippen LogP contribution is -2.46. The quantitative estimate of drug-likeness (QED) is 0.906. The standard InChI is InChI=1S/C19H26N2O4/c1-21-11-10-19(9-7-18(21)23)13-15(20-17(22)8-12-24-2)14-5-3-4-6-16(14)25-19/h3-6,15H,7-13H2,1-2H3,(H,20,22)/t15-,19-/m0/s1. The molecule has 136 valence electrons. The molecule has 6 heteroatoms. The summed E-state index contributed by atoms with van der Waals surface area (Å²) in [5.41, 5.74) is 0.594. The Hall–Kier alpha value is -2.08. The van der Waals surface area contributed by atoms with E-state index in [-0.39, 0.29) is 17.9 Å². The molecule has 1 N–H and O–H groups in total. The van der Waals surface area contributed by atoms with E-state index in [0.717, 1.165) is 17.7 Å². The van der Waals surface area contributed by atoms with Gasteiger partial charge in [0.1, 0.15) is 11.4 Å². The number of nitrogens with zero attached hydrogens (tertiary/aromatic N) is 1. The van der Waals surface area contributed by atoms with Crippen LogP contribution in [-0.4, -0.2) is 49.6 Å². The Labute approximate surface area is 148 Å². The van der Waals surface area contributed by atoms with E-state index in [0.29, 0.717) is 38.8 Å². The molecule has 2 aliphatic heterocycles. The maximum atomic E-state index is 12.2. The molecular formula is C19H26N2O4. The monoisotopic (exact) mass is 346 g/mol. The van der Waals surface area contributed by atoms with Crippen LogP contribution in [0.25, 0.3) is 0 Å². The predicted octanol–water partition coefficient (Wildman–Crippen LogP) is 2.04. The summed E-state index contributed by atoms with van der Waals surface area (Å²) in [5.74, 6) is 0.934. The molecular weight excluding hydrogens is 320 g/mol. The van der Waals surface area contributed by atoms with Crippen molar-refractivity contribution >= 4 is 11.8 Å². The summed E-state index contributed by atoms with van der Waals surface area (Å²) in [6.45, 7) is 1.08. The van der Waals surface area contributed by atoms with Crippen molar-refractivity contribution in [2.24, 2.45) is 0 Å². The smallest absolute Gasteiger partial charge is 0.222 e. The normalized spacial score (nSPS) is 25.9. The highest BCUT2D eigenvalue weighted by molar-refractivity contribution is 5.77. The van der Waals surface area contributed by atoms with Gasteiger partial charge in [-0.3, -0.25) is 9.59 Å². The zero-order valence-electron chi connectivity index (χ0n) is 14.9. The highest BCUT2D eigenvalue weighted by Crippen LogP contribution is 2.44. The predicted molar refractivity (Wildman–Crippen MR) is 93.3 cm³/mol. The number of hydrogen-bond acceptors (Lipinski definition) is 4. The second-order valence-electron chi connectivity index (χ2n) is 6.96. The third kappa shape index (κ3) is 3.95. The third-order valence-corrected chi connectivity index (χ3v) is 5.19. The van der Waals surface area contributed by atoms with Gasteiger partial charge in [-0.15, -0.1) is 0 Å². The number of carbonyl (C=O) groups excluding carboxylic acids is 2. The number of amides is 2. The van der Waals surface area contributed by atoms with Crippen molar-refractivity contribution in [1.82, 2.24) is 10.2 Å². The minimum atomic E-state index is -0.409. The molecule has 1 aromatic rings. The maximum Gasteiger partial charge on any atom is 0.222 e. The third-order valence-electron chi connectivity index (χ3n) is 5.19. The van der Waals surface area contributed by atoms with Crippen LogP contribution in [-0.2, 0) is 14.3 Å². The number of carbonyl (C=O) groups is 2. The van der Waals surface area contributed by atoms with Gasteiger partial charge in [-0.2, -0.15) is 0 Å².